The Kier molecular flexibility index (Phi) is 6.50. The van der Waals surface area contributed by atoms with Crippen molar-refractivity contribution >= 4 is 5.91 Å². The van der Waals surface area contributed by atoms with E-state index in [1.54, 1.807) is 6.20 Å². The van der Waals surface area contributed by atoms with Gasteiger partial charge in [0.15, 0.2) is 0 Å². The second-order valence-corrected chi connectivity index (χ2v) is 9.42. The van der Waals surface area contributed by atoms with Gasteiger partial charge in [0.2, 0.25) is 5.91 Å². The number of aryl methyl sites for hydroxylation is 1. The molecule has 3 aliphatic rings. The maximum absolute atomic E-state index is 14.8. The lowest BCUT2D eigenvalue weighted by molar-refractivity contribution is -0.115. The standard InChI is InChI=1S/C25H30FN7O2/c1-31(2)14-16-4-6-17(7-5-16)19-10-18-12-29-33(26)21-11-22(35)27-13-20(23(18)21)24(19)25-28-15-30-32(25)8-3-9-34/h4-7,11,13,15,19,24,29,34H,3,8-10,12,14H2,1-2H3,(H,27,35). The monoisotopic (exact) mass is 479 g/mol. The van der Waals surface area contributed by atoms with Crippen molar-refractivity contribution < 1.29 is 14.4 Å². The van der Waals surface area contributed by atoms with Crippen molar-refractivity contribution in [1.82, 2.24) is 35.6 Å². The van der Waals surface area contributed by atoms with Gasteiger partial charge in [0.1, 0.15) is 17.8 Å². The fourth-order valence-electron chi connectivity index (χ4n) is 5.28. The summed E-state index contributed by atoms with van der Waals surface area (Å²) in [4.78, 5) is 19.2. The molecule has 9 nitrogen and oxygen atoms in total. The van der Waals surface area contributed by atoms with Gasteiger partial charge < -0.3 is 15.3 Å². The quantitative estimate of drug-likeness (QED) is 0.522. The SMILES string of the molecule is CN(C)Cc1ccc(C2CC3=C4C(=CNC(=O)C=C4N(F)NC3)C2c2ncnn2CCCO)cc1. The first-order valence-electron chi connectivity index (χ1n) is 11.8. The Labute approximate surface area is 203 Å². The Hall–Kier alpha value is -3.34. The molecule has 2 unspecified atom stereocenters. The molecule has 0 fully saturated rings. The van der Waals surface area contributed by atoms with Crippen LogP contribution in [0.5, 0.6) is 0 Å². The molecule has 1 aliphatic carbocycles. The number of carbonyl (C=O) groups is 1. The van der Waals surface area contributed by atoms with Crippen LogP contribution in [0.2, 0.25) is 0 Å². The zero-order valence-electron chi connectivity index (χ0n) is 19.9. The van der Waals surface area contributed by atoms with Crippen LogP contribution in [0.3, 0.4) is 0 Å². The molecule has 1 aromatic carbocycles. The van der Waals surface area contributed by atoms with Gasteiger partial charge in [-0.2, -0.15) is 5.10 Å². The van der Waals surface area contributed by atoms with Crippen molar-refractivity contribution in [3.05, 3.63) is 82.2 Å². The fraction of sp³-hybridized carbons (Fsp3) is 0.400. The van der Waals surface area contributed by atoms with Gasteiger partial charge in [-0.3, -0.25) is 4.79 Å². The number of amides is 1. The summed E-state index contributed by atoms with van der Waals surface area (Å²) in [5.74, 6) is 0.0980. The first-order valence-corrected chi connectivity index (χ1v) is 11.8. The summed E-state index contributed by atoms with van der Waals surface area (Å²) in [5, 5.41) is 17.0. The maximum atomic E-state index is 14.8. The van der Waals surface area contributed by atoms with E-state index in [2.05, 4.69) is 50.0 Å². The minimum absolute atomic E-state index is 0.00898. The van der Waals surface area contributed by atoms with E-state index in [1.165, 1.54) is 18.0 Å². The lowest BCUT2D eigenvalue weighted by Crippen LogP contribution is -2.41. The van der Waals surface area contributed by atoms with Crippen LogP contribution in [-0.4, -0.2) is 63.2 Å². The molecule has 184 valence electrons. The summed E-state index contributed by atoms with van der Waals surface area (Å²) in [6.45, 7) is 1.76. The molecule has 0 saturated carbocycles. The normalized spacial score (nSPS) is 22.0. The van der Waals surface area contributed by atoms with Gasteiger partial charge in [0.25, 0.3) is 0 Å². The van der Waals surface area contributed by atoms with E-state index >= 15 is 0 Å². The molecule has 10 heteroatoms. The topological polar surface area (TPSA) is 98.6 Å². The molecule has 0 bridgehead atoms. The minimum Gasteiger partial charge on any atom is -0.396 e. The Morgan fingerprint density at radius 2 is 2.06 bits per heavy atom. The average molecular weight is 480 g/mol. The van der Waals surface area contributed by atoms with Gasteiger partial charge in [0.05, 0.1) is 5.92 Å². The highest BCUT2D eigenvalue weighted by molar-refractivity contribution is 5.91. The third-order valence-corrected chi connectivity index (χ3v) is 6.74. The molecular weight excluding hydrogens is 449 g/mol. The van der Waals surface area contributed by atoms with Crippen molar-refractivity contribution in [2.24, 2.45) is 0 Å². The Morgan fingerprint density at radius 1 is 1.26 bits per heavy atom. The van der Waals surface area contributed by atoms with E-state index in [0.717, 1.165) is 34.7 Å². The van der Waals surface area contributed by atoms with Gasteiger partial charge in [-0.1, -0.05) is 28.7 Å². The molecular formula is C25H30FN7O2. The number of rotatable bonds is 7. The zero-order valence-corrected chi connectivity index (χ0v) is 19.9. The molecule has 2 aromatic rings. The average Bonchev–Trinajstić information content (AvgIpc) is 3.22. The predicted molar refractivity (Wildman–Crippen MR) is 128 cm³/mol. The number of hydrogen-bond acceptors (Lipinski definition) is 7. The molecule has 1 aromatic heterocycles. The predicted octanol–water partition coefficient (Wildman–Crippen LogP) is 1.89. The molecule has 0 saturated heterocycles. The largest absolute Gasteiger partial charge is 0.396 e. The van der Waals surface area contributed by atoms with Gasteiger partial charge >= 0.3 is 0 Å². The minimum atomic E-state index is -0.384. The number of aromatic nitrogens is 3. The van der Waals surface area contributed by atoms with Crippen LogP contribution in [0.1, 0.15) is 41.6 Å². The summed E-state index contributed by atoms with van der Waals surface area (Å²) in [7, 11) is 4.08. The number of benzene rings is 1. The number of hydrazine groups is 1. The molecule has 0 spiro atoms. The number of nitrogens with one attached hydrogen (secondary N) is 2. The first-order chi connectivity index (χ1) is 17.0. The van der Waals surface area contributed by atoms with E-state index in [-0.39, 0.29) is 30.0 Å². The van der Waals surface area contributed by atoms with Crippen molar-refractivity contribution in [2.45, 2.75) is 37.8 Å². The summed E-state index contributed by atoms with van der Waals surface area (Å²) < 4.78 is 16.6. The molecule has 0 radical (unpaired) electrons. The molecule has 3 heterocycles. The smallest absolute Gasteiger partial charge is 0.250 e. The van der Waals surface area contributed by atoms with Gasteiger partial charge in [-0.05, 0) is 49.2 Å². The molecule has 2 aliphatic heterocycles. The summed E-state index contributed by atoms with van der Waals surface area (Å²) in [6, 6.07) is 8.59. The van der Waals surface area contributed by atoms with Gasteiger partial charge in [-0.25, -0.2) is 15.1 Å². The highest BCUT2D eigenvalue weighted by Gasteiger charge is 2.43. The van der Waals surface area contributed by atoms with Crippen LogP contribution in [0, 0.1) is 0 Å². The summed E-state index contributed by atoms with van der Waals surface area (Å²) in [5.41, 5.74) is 7.92. The molecule has 1 amide bonds. The third-order valence-electron chi connectivity index (χ3n) is 6.74. The van der Waals surface area contributed by atoms with Crippen LogP contribution in [0.15, 0.2) is 65.3 Å². The molecule has 2 atom stereocenters. The van der Waals surface area contributed by atoms with Crippen molar-refractivity contribution in [3.63, 3.8) is 0 Å². The van der Waals surface area contributed by atoms with Gasteiger partial charge in [-0.15, -0.1) is 5.23 Å². The number of halogens is 1. The number of hydrogen-bond donors (Lipinski definition) is 3. The molecule has 3 N–H and O–H groups in total. The number of carbonyl (C=O) groups excluding carboxylic acids is 1. The van der Waals surface area contributed by atoms with Crippen LogP contribution in [-0.2, 0) is 17.9 Å². The van der Waals surface area contributed by atoms with Crippen LogP contribution >= 0.6 is 0 Å². The lowest BCUT2D eigenvalue weighted by Gasteiger charge is -2.40. The van der Waals surface area contributed by atoms with E-state index in [4.69, 9.17) is 0 Å². The molecule has 5 rings (SSSR count). The number of nitrogens with zero attached hydrogens (tertiary/aromatic N) is 5. The van der Waals surface area contributed by atoms with E-state index < -0.39 is 0 Å². The number of allylic oxidation sites excluding steroid dienone is 1. The van der Waals surface area contributed by atoms with E-state index in [9.17, 15) is 14.4 Å². The highest BCUT2D eigenvalue weighted by Crippen LogP contribution is 2.52. The first kappa shape index (κ1) is 23.4. The second-order valence-electron chi connectivity index (χ2n) is 9.42. The van der Waals surface area contributed by atoms with Crippen LogP contribution in [0.4, 0.5) is 4.48 Å². The number of aliphatic hydroxyl groups is 1. The maximum Gasteiger partial charge on any atom is 0.250 e. The van der Waals surface area contributed by atoms with Gasteiger partial charge in [0, 0.05) is 50.0 Å². The van der Waals surface area contributed by atoms with Crippen molar-refractivity contribution in [1.29, 1.82) is 0 Å². The number of aliphatic hydroxyl groups excluding tert-OH is 1. The van der Waals surface area contributed by atoms with E-state index in [1.807, 2.05) is 18.8 Å². The van der Waals surface area contributed by atoms with E-state index in [0.29, 0.717) is 31.2 Å². The third kappa shape index (κ3) is 4.52. The van der Waals surface area contributed by atoms with Crippen LogP contribution < -0.4 is 10.7 Å². The summed E-state index contributed by atoms with van der Waals surface area (Å²) >= 11 is 0. The zero-order chi connectivity index (χ0) is 24.5. The summed E-state index contributed by atoms with van der Waals surface area (Å²) in [6.07, 6.45) is 5.73. The van der Waals surface area contributed by atoms with Crippen LogP contribution in [0.25, 0.3) is 0 Å². The Balaban J connectivity index is 1.64. The highest BCUT2D eigenvalue weighted by atomic mass is 19.2. The van der Waals surface area contributed by atoms with Crippen molar-refractivity contribution in [2.75, 3.05) is 27.2 Å². The Bertz CT molecular complexity index is 1200. The Morgan fingerprint density at radius 3 is 2.80 bits per heavy atom. The fourth-order valence-corrected chi connectivity index (χ4v) is 5.28. The molecule has 35 heavy (non-hydrogen) atoms. The lowest BCUT2D eigenvalue weighted by atomic mass is 9.68. The second kappa shape index (κ2) is 9.73. The van der Waals surface area contributed by atoms with Crippen molar-refractivity contribution in [3.8, 4) is 0 Å².